The Labute approximate surface area is 145 Å². The van der Waals surface area contributed by atoms with Gasteiger partial charge in [-0.1, -0.05) is 23.2 Å². The molecule has 7 heteroatoms. The number of aryl methyl sites for hydroxylation is 2. The Hall–Kier alpha value is -0.830. The number of imidazole rings is 1. The van der Waals surface area contributed by atoms with E-state index in [1.54, 1.807) is 0 Å². The Morgan fingerprint density at radius 2 is 1.87 bits per heavy atom. The molecular formula is C16H19Cl2F2N2P. The van der Waals surface area contributed by atoms with Gasteiger partial charge in [0.05, 0.1) is 0 Å². The quantitative estimate of drug-likeness (QED) is 0.589. The van der Waals surface area contributed by atoms with E-state index in [0.717, 1.165) is 27.4 Å². The number of benzene rings is 1. The van der Waals surface area contributed by atoms with Crippen molar-refractivity contribution in [3.05, 3.63) is 39.3 Å². The zero-order valence-corrected chi connectivity index (χ0v) is 15.9. The van der Waals surface area contributed by atoms with E-state index in [1.165, 1.54) is 6.92 Å². The van der Waals surface area contributed by atoms with Crippen LogP contribution in [0.4, 0.5) is 8.78 Å². The molecule has 1 heterocycles. The number of hydrogen-bond acceptors (Lipinski definition) is 1. The standard InChI is InChI=1S/C16H19Cl2F2N2P/c1-9-6-13(17)11(8-23(3,4)5)7-12(9)14-15(18)22(16(19)20)10(2)21-14/h6-7,16H,3,8H2,1-2,4-5H3. The Morgan fingerprint density at radius 1 is 1.26 bits per heavy atom. The first kappa shape index (κ1) is 18.5. The van der Waals surface area contributed by atoms with Crippen LogP contribution in [0.25, 0.3) is 11.3 Å². The first-order valence-corrected chi connectivity index (χ1v) is 10.8. The number of alkyl halides is 2. The summed E-state index contributed by atoms with van der Waals surface area (Å²) in [6.07, 6.45) is 4.97. The molecule has 2 aromatic rings. The van der Waals surface area contributed by atoms with E-state index in [4.69, 9.17) is 23.2 Å². The smallest absolute Gasteiger partial charge is 0.260 e. The van der Waals surface area contributed by atoms with Crippen LogP contribution < -0.4 is 0 Å². The molecule has 0 N–H and O–H groups in total. The molecule has 2 nitrogen and oxygen atoms in total. The van der Waals surface area contributed by atoms with Gasteiger partial charge in [0.25, 0.3) is 0 Å². The fourth-order valence-electron chi connectivity index (χ4n) is 2.47. The molecule has 1 aromatic carbocycles. The Morgan fingerprint density at radius 3 is 2.35 bits per heavy atom. The zero-order valence-electron chi connectivity index (χ0n) is 13.5. The largest absolute Gasteiger partial charge is 0.321 e. The molecule has 0 bridgehead atoms. The molecule has 0 saturated heterocycles. The first-order chi connectivity index (χ1) is 10.5. The second kappa shape index (κ2) is 6.58. The van der Waals surface area contributed by atoms with E-state index in [-0.39, 0.29) is 11.0 Å². The topological polar surface area (TPSA) is 17.8 Å². The van der Waals surface area contributed by atoms with Crippen molar-refractivity contribution in [2.45, 2.75) is 26.6 Å². The van der Waals surface area contributed by atoms with Crippen LogP contribution in [0.3, 0.4) is 0 Å². The maximum absolute atomic E-state index is 13.1. The highest BCUT2D eigenvalue weighted by Crippen LogP contribution is 2.43. The lowest BCUT2D eigenvalue weighted by atomic mass is 10.0. The average Bonchev–Trinajstić information content (AvgIpc) is 2.66. The van der Waals surface area contributed by atoms with Crippen LogP contribution in [0.5, 0.6) is 0 Å². The highest BCUT2D eigenvalue weighted by molar-refractivity contribution is 7.71. The third-order valence-electron chi connectivity index (χ3n) is 3.47. The molecule has 2 rings (SSSR count). The molecule has 0 fully saturated rings. The number of nitrogens with zero attached hydrogens (tertiary/aromatic N) is 2. The lowest BCUT2D eigenvalue weighted by Gasteiger charge is -2.16. The normalized spacial score (nSPS) is 12.2. The van der Waals surface area contributed by atoms with E-state index in [0.29, 0.717) is 10.7 Å². The van der Waals surface area contributed by atoms with Crippen LogP contribution in [-0.2, 0) is 6.16 Å². The summed E-state index contributed by atoms with van der Waals surface area (Å²) in [4.78, 5) is 4.23. The summed E-state index contributed by atoms with van der Waals surface area (Å²) < 4.78 is 26.9. The van der Waals surface area contributed by atoms with E-state index >= 15 is 0 Å². The first-order valence-electron chi connectivity index (χ1n) is 7.00. The van der Waals surface area contributed by atoms with Crippen molar-refractivity contribution in [1.82, 2.24) is 9.55 Å². The average molecular weight is 379 g/mol. The zero-order chi connectivity index (χ0) is 17.5. The molecule has 0 unspecified atom stereocenters. The Bertz CT molecular complexity index is 794. The molecule has 0 aliphatic heterocycles. The maximum atomic E-state index is 13.1. The van der Waals surface area contributed by atoms with Crippen LogP contribution in [0.1, 0.15) is 23.5 Å². The number of halogens is 4. The molecule has 0 atom stereocenters. The molecule has 0 spiro atoms. The van der Waals surface area contributed by atoms with Gasteiger partial charge in [0.15, 0.2) is 0 Å². The van der Waals surface area contributed by atoms with Crippen molar-refractivity contribution in [2.24, 2.45) is 0 Å². The molecule has 1 aromatic heterocycles. The van der Waals surface area contributed by atoms with Gasteiger partial charge in [0.2, 0.25) is 0 Å². The van der Waals surface area contributed by atoms with Crippen molar-refractivity contribution in [1.29, 1.82) is 0 Å². The SMILES string of the molecule is C=P(C)(C)Cc1cc(-c2nc(C)n(C(F)F)c2Cl)c(C)cc1Cl. The maximum Gasteiger partial charge on any atom is 0.321 e. The Balaban J connectivity index is 2.63. The second-order valence-electron chi connectivity index (χ2n) is 6.30. The molecule has 0 aliphatic carbocycles. The van der Waals surface area contributed by atoms with Gasteiger partial charge in [-0.25, -0.2) is 4.98 Å². The molecule has 0 radical (unpaired) electrons. The molecular weight excluding hydrogens is 360 g/mol. The summed E-state index contributed by atoms with van der Waals surface area (Å²) >= 11 is 12.5. The molecule has 0 aliphatic rings. The van der Waals surface area contributed by atoms with Crippen LogP contribution >= 0.6 is 30.1 Å². The van der Waals surface area contributed by atoms with Crippen molar-refractivity contribution in [3.8, 4) is 11.3 Å². The van der Waals surface area contributed by atoms with Crippen molar-refractivity contribution in [2.75, 3.05) is 13.3 Å². The molecule has 126 valence electrons. The lowest BCUT2D eigenvalue weighted by molar-refractivity contribution is 0.0683. The summed E-state index contributed by atoms with van der Waals surface area (Å²) in [7, 11) is 0. The van der Waals surface area contributed by atoms with Crippen molar-refractivity contribution >= 4 is 36.4 Å². The highest BCUT2D eigenvalue weighted by Gasteiger charge is 2.22. The van der Waals surface area contributed by atoms with E-state index in [9.17, 15) is 8.78 Å². The minimum atomic E-state index is -2.72. The van der Waals surface area contributed by atoms with Gasteiger partial charge in [-0.15, -0.1) is 13.2 Å². The van der Waals surface area contributed by atoms with Gasteiger partial charge >= 0.3 is 6.55 Å². The minimum Gasteiger partial charge on any atom is -0.260 e. The fourth-order valence-corrected chi connectivity index (χ4v) is 4.37. The second-order valence-corrected chi connectivity index (χ2v) is 11.3. The van der Waals surface area contributed by atoms with Gasteiger partial charge in [-0.3, -0.25) is 4.57 Å². The van der Waals surface area contributed by atoms with Gasteiger partial charge in [-0.05, 0) is 56.6 Å². The predicted molar refractivity (Wildman–Crippen MR) is 98.0 cm³/mol. The Kier molecular flexibility index (Phi) is 5.30. The summed E-state index contributed by atoms with van der Waals surface area (Å²) in [6.45, 7) is 3.55. The summed E-state index contributed by atoms with van der Waals surface area (Å²) in [5, 5.41) is 0.599. The third kappa shape index (κ3) is 3.99. The van der Waals surface area contributed by atoms with Crippen LogP contribution in [0.2, 0.25) is 10.2 Å². The minimum absolute atomic E-state index is 0.0578. The highest BCUT2D eigenvalue weighted by atomic mass is 35.5. The molecule has 0 saturated carbocycles. The van der Waals surface area contributed by atoms with Crippen molar-refractivity contribution in [3.63, 3.8) is 0 Å². The van der Waals surface area contributed by atoms with Crippen LogP contribution in [0, 0.1) is 13.8 Å². The lowest BCUT2D eigenvalue weighted by Crippen LogP contribution is -2.00. The van der Waals surface area contributed by atoms with Crippen LogP contribution in [-0.4, -0.2) is 29.2 Å². The number of rotatable bonds is 4. The van der Waals surface area contributed by atoms with E-state index in [1.807, 2.05) is 19.1 Å². The summed E-state index contributed by atoms with van der Waals surface area (Å²) in [5.41, 5.74) is 2.88. The monoisotopic (exact) mass is 378 g/mol. The number of aromatic nitrogens is 2. The fraction of sp³-hybridized carbons (Fsp3) is 0.375. The molecule has 23 heavy (non-hydrogen) atoms. The van der Waals surface area contributed by atoms with Crippen LogP contribution in [0.15, 0.2) is 12.1 Å². The number of hydrogen-bond donors (Lipinski definition) is 0. The van der Waals surface area contributed by atoms with Gasteiger partial charge in [0, 0.05) is 10.6 Å². The van der Waals surface area contributed by atoms with Gasteiger partial charge < -0.3 is 0 Å². The van der Waals surface area contributed by atoms with E-state index < -0.39 is 13.4 Å². The summed E-state index contributed by atoms with van der Waals surface area (Å²) in [6, 6.07) is 3.73. The third-order valence-corrected chi connectivity index (χ3v) is 5.38. The van der Waals surface area contributed by atoms with Crippen molar-refractivity contribution < 1.29 is 8.78 Å². The van der Waals surface area contributed by atoms with Gasteiger partial charge in [-0.2, -0.15) is 8.78 Å². The predicted octanol–water partition coefficient (Wildman–Crippen LogP) is 6.08. The van der Waals surface area contributed by atoms with Gasteiger partial charge in [0.1, 0.15) is 16.7 Å². The summed E-state index contributed by atoms with van der Waals surface area (Å²) in [5.74, 6) is 0.181. The van der Waals surface area contributed by atoms with E-state index in [2.05, 4.69) is 24.6 Å². The molecule has 0 amide bonds.